The third kappa shape index (κ3) is 4.60. The van der Waals surface area contributed by atoms with Crippen molar-refractivity contribution in [3.8, 4) is 5.75 Å². The number of aromatic nitrogens is 2. The molecule has 0 unspecified atom stereocenters. The van der Waals surface area contributed by atoms with Gasteiger partial charge in [-0.25, -0.2) is 0 Å². The molecule has 1 fully saturated rings. The molecule has 1 saturated carbocycles. The van der Waals surface area contributed by atoms with Gasteiger partial charge in [-0.15, -0.1) is 10.2 Å². The minimum Gasteiger partial charge on any atom is -0.495 e. The highest BCUT2D eigenvalue weighted by atomic mass is 35.5. The lowest BCUT2D eigenvalue weighted by Crippen LogP contribution is -2.36. The zero-order valence-corrected chi connectivity index (χ0v) is 14.8. The number of anilines is 2. The van der Waals surface area contributed by atoms with Gasteiger partial charge in [-0.2, -0.15) is 0 Å². The summed E-state index contributed by atoms with van der Waals surface area (Å²) < 4.78 is 5.29. The number of nitrogens with zero attached hydrogens (tertiary/aromatic N) is 2. The van der Waals surface area contributed by atoms with Crippen LogP contribution in [0, 0.1) is 0 Å². The Morgan fingerprint density at radius 2 is 1.96 bits per heavy atom. The maximum Gasteiger partial charge on any atom is 0.272 e. The lowest BCUT2D eigenvalue weighted by Gasteiger charge is -2.22. The Kier molecular flexibility index (Phi) is 5.71. The normalized spacial score (nSPS) is 14.8. The molecule has 2 N–H and O–H groups in total. The van der Waals surface area contributed by atoms with Crippen molar-refractivity contribution in [2.45, 2.75) is 38.1 Å². The lowest BCUT2D eigenvalue weighted by atomic mass is 9.95. The number of methoxy groups -OCH3 is 1. The standard InChI is InChI=1S/C18H21ClN4O2/c1-25-16-9-7-12(19)11-15(16)21-17-10-8-14(22-23-17)18(24)20-13-5-3-2-4-6-13/h7-11,13H,2-6H2,1H3,(H,20,24)(H,21,23). The molecule has 132 valence electrons. The Hall–Kier alpha value is -2.34. The van der Waals surface area contributed by atoms with E-state index in [4.69, 9.17) is 16.3 Å². The maximum atomic E-state index is 12.3. The summed E-state index contributed by atoms with van der Waals surface area (Å²) in [5.74, 6) is 0.978. The van der Waals surface area contributed by atoms with Crippen LogP contribution < -0.4 is 15.4 Å². The molecule has 6 nitrogen and oxygen atoms in total. The molecule has 3 rings (SSSR count). The van der Waals surface area contributed by atoms with Crippen LogP contribution in [0.3, 0.4) is 0 Å². The highest BCUT2D eigenvalue weighted by molar-refractivity contribution is 6.31. The molecular weight excluding hydrogens is 340 g/mol. The summed E-state index contributed by atoms with van der Waals surface area (Å²) in [6.45, 7) is 0. The highest BCUT2D eigenvalue weighted by Gasteiger charge is 2.17. The summed E-state index contributed by atoms with van der Waals surface area (Å²) >= 11 is 6.01. The van der Waals surface area contributed by atoms with Crippen LogP contribution in [0.2, 0.25) is 5.02 Å². The van der Waals surface area contributed by atoms with Crippen LogP contribution >= 0.6 is 11.6 Å². The van der Waals surface area contributed by atoms with Crippen molar-refractivity contribution in [1.82, 2.24) is 15.5 Å². The minimum atomic E-state index is -0.175. The van der Waals surface area contributed by atoms with Crippen molar-refractivity contribution in [2.75, 3.05) is 12.4 Å². The average Bonchev–Trinajstić information content (AvgIpc) is 2.63. The summed E-state index contributed by atoms with van der Waals surface area (Å²) in [6, 6.07) is 8.87. The summed E-state index contributed by atoms with van der Waals surface area (Å²) in [6.07, 6.45) is 5.65. The van der Waals surface area contributed by atoms with Gasteiger partial charge in [-0.1, -0.05) is 30.9 Å². The van der Waals surface area contributed by atoms with Crippen molar-refractivity contribution >= 4 is 29.0 Å². The number of nitrogens with one attached hydrogen (secondary N) is 2. The Morgan fingerprint density at radius 3 is 2.64 bits per heavy atom. The molecule has 0 radical (unpaired) electrons. The summed E-state index contributed by atoms with van der Waals surface area (Å²) in [5, 5.41) is 14.8. The van der Waals surface area contributed by atoms with E-state index in [2.05, 4.69) is 20.8 Å². The molecule has 0 aliphatic heterocycles. The van der Waals surface area contributed by atoms with E-state index in [0.717, 1.165) is 12.8 Å². The third-order valence-electron chi connectivity index (χ3n) is 4.26. The second-order valence-electron chi connectivity index (χ2n) is 6.08. The topological polar surface area (TPSA) is 76.1 Å². The predicted molar refractivity (Wildman–Crippen MR) is 97.7 cm³/mol. The molecule has 25 heavy (non-hydrogen) atoms. The number of carbonyl (C=O) groups excluding carboxylic acids is 1. The predicted octanol–water partition coefficient (Wildman–Crippen LogP) is 3.94. The molecule has 1 aliphatic rings. The highest BCUT2D eigenvalue weighted by Crippen LogP contribution is 2.29. The summed E-state index contributed by atoms with van der Waals surface area (Å²) in [5.41, 5.74) is 0.998. The van der Waals surface area contributed by atoms with Crippen LogP contribution in [0.4, 0.5) is 11.5 Å². The lowest BCUT2D eigenvalue weighted by molar-refractivity contribution is 0.0921. The first kappa shape index (κ1) is 17.5. The molecular formula is C18H21ClN4O2. The fraction of sp³-hybridized carbons (Fsp3) is 0.389. The van der Waals surface area contributed by atoms with Gasteiger partial charge in [-0.05, 0) is 43.2 Å². The first-order valence-corrected chi connectivity index (χ1v) is 8.78. The van der Waals surface area contributed by atoms with E-state index >= 15 is 0 Å². The summed E-state index contributed by atoms with van der Waals surface area (Å²) in [7, 11) is 1.58. The smallest absolute Gasteiger partial charge is 0.272 e. The zero-order chi connectivity index (χ0) is 17.6. The van der Waals surface area contributed by atoms with E-state index < -0.39 is 0 Å². The molecule has 0 bridgehead atoms. The van der Waals surface area contributed by atoms with E-state index in [1.807, 2.05) is 0 Å². The van der Waals surface area contributed by atoms with Crippen molar-refractivity contribution in [3.63, 3.8) is 0 Å². The first-order chi connectivity index (χ1) is 12.2. The van der Waals surface area contributed by atoms with Gasteiger partial charge in [-0.3, -0.25) is 4.79 Å². The van der Waals surface area contributed by atoms with Crippen LogP contribution in [0.5, 0.6) is 5.75 Å². The Bertz CT molecular complexity index is 730. The molecule has 1 aromatic carbocycles. The number of ether oxygens (including phenoxy) is 1. The van der Waals surface area contributed by atoms with Crippen molar-refractivity contribution in [1.29, 1.82) is 0 Å². The largest absolute Gasteiger partial charge is 0.495 e. The number of rotatable bonds is 5. The third-order valence-corrected chi connectivity index (χ3v) is 4.50. The Labute approximate surface area is 151 Å². The fourth-order valence-electron chi connectivity index (χ4n) is 2.94. The molecule has 2 aromatic rings. The van der Waals surface area contributed by atoms with Crippen LogP contribution in [-0.4, -0.2) is 29.3 Å². The number of amides is 1. The van der Waals surface area contributed by atoms with E-state index in [1.165, 1.54) is 19.3 Å². The number of carbonyl (C=O) groups is 1. The van der Waals surface area contributed by atoms with Crippen LogP contribution in [0.25, 0.3) is 0 Å². The molecule has 1 aromatic heterocycles. The van der Waals surface area contributed by atoms with E-state index in [9.17, 15) is 4.79 Å². The molecule has 1 aliphatic carbocycles. The average molecular weight is 361 g/mol. The fourth-order valence-corrected chi connectivity index (χ4v) is 3.11. The molecule has 1 amide bonds. The van der Waals surface area contributed by atoms with Crippen molar-refractivity contribution in [2.24, 2.45) is 0 Å². The van der Waals surface area contributed by atoms with Gasteiger partial charge in [0.25, 0.3) is 5.91 Å². The second kappa shape index (κ2) is 8.16. The van der Waals surface area contributed by atoms with Gasteiger partial charge < -0.3 is 15.4 Å². The SMILES string of the molecule is COc1ccc(Cl)cc1Nc1ccc(C(=O)NC2CCCCC2)nn1. The number of benzene rings is 1. The minimum absolute atomic E-state index is 0.175. The van der Waals surface area contributed by atoms with E-state index in [-0.39, 0.29) is 11.9 Å². The van der Waals surface area contributed by atoms with E-state index in [0.29, 0.717) is 28.0 Å². The first-order valence-electron chi connectivity index (χ1n) is 8.41. The molecule has 1 heterocycles. The Morgan fingerprint density at radius 1 is 1.16 bits per heavy atom. The van der Waals surface area contributed by atoms with E-state index in [1.54, 1.807) is 37.4 Å². The molecule has 0 saturated heterocycles. The van der Waals surface area contributed by atoms with Crippen LogP contribution in [0.1, 0.15) is 42.6 Å². The van der Waals surface area contributed by atoms with Gasteiger partial charge in [0.1, 0.15) is 5.75 Å². The number of halogens is 1. The number of hydrogen-bond donors (Lipinski definition) is 2. The number of hydrogen-bond acceptors (Lipinski definition) is 5. The molecule has 0 atom stereocenters. The second-order valence-corrected chi connectivity index (χ2v) is 6.52. The molecule has 0 spiro atoms. The molecule has 7 heteroatoms. The van der Waals surface area contributed by atoms with Crippen molar-refractivity contribution < 1.29 is 9.53 Å². The van der Waals surface area contributed by atoms with Crippen LogP contribution in [0.15, 0.2) is 30.3 Å². The quantitative estimate of drug-likeness (QED) is 0.844. The van der Waals surface area contributed by atoms with Gasteiger partial charge in [0.05, 0.1) is 12.8 Å². The van der Waals surface area contributed by atoms with Crippen molar-refractivity contribution in [3.05, 3.63) is 41.0 Å². The zero-order valence-electron chi connectivity index (χ0n) is 14.1. The Balaban J connectivity index is 1.65. The van der Waals surface area contributed by atoms with Gasteiger partial charge in [0.15, 0.2) is 11.5 Å². The van der Waals surface area contributed by atoms with Gasteiger partial charge in [0, 0.05) is 11.1 Å². The van der Waals surface area contributed by atoms with Crippen LogP contribution in [-0.2, 0) is 0 Å². The van der Waals surface area contributed by atoms with Gasteiger partial charge >= 0.3 is 0 Å². The van der Waals surface area contributed by atoms with Gasteiger partial charge in [0.2, 0.25) is 0 Å². The monoisotopic (exact) mass is 360 g/mol. The maximum absolute atomic E-state index is 12.3. The summed E-state index contributed by atoms with van der Waals surface area (Å²) in [4.78, 5) is 12.3.